The molecule has 0 radical (unpaired) electrons. The number of hydrogen-bond acceptors (Lipinski definition) is 2. The third-order valence-electron chi connectivity index (χ3n) is 3.08. The van der Waals surface area contributed by atoms with E-state index < -0.39 is 11.5 Å². The van der Waals surface area contributed by atoms with Crippen molar-refractivity contribution in [2.75, 3.05) is 0 Å². The van der Waals surface area contributed by atoms with Gasteiger partial charge in [0.25, 0.3) is 0 Å². The first kappa shape index (κ1) is 11.6. The van der Waals surface area contributed by atoms with E-state index in [1.54, 1.807) is 12.2 Å². The van der Waals surface area contributed by atoms with Crippen LogP contribution in [0, 0.1) is 6.92 Å². The Labute approximate surface area is 100 Å². The first-order valence-corrected chi connectivity index (χ1v) is 5.49. The topological polar surface area (TPSA) is 63.3 Å². The monoisotopic (exact) mass is 229 g/mol. The number of aliphatic carboxylic acids is 1. The Morgan fingerprint density at radius 2 is 1.88 bits per heavy atom. The Hall–Kier alpha value is -1.87. The second-order valence-electron chi connectivity index (χ2n) is 4.34. The highest BCUT2D eigenvalue weighted by atomic mass is 16.4. The third-order valence-corrected chi connectivity index (χ3v) is 3.08. The van der Waals surface area contributed by atoms with Crippen LogP contribution in [-0.2, 0) is 4.79 Å². The van der Waals surface area contributed by atoms with Crippen molar-refractivity contribution in [2.45, 2.75) is 18.4 Å². The Kier molecular flexibility index (Phi) is 2.86. The number of carbonyl (C=O) groups is 1. The van der Waals surface area contributed by atoms with Crippen LogP contribution in [0.1, 0.15) is 17.0 Å². The molecule has 0 aromatic heterocycles. The lowest BCUT2D eigenvalue weighted by Crippen LogP contribution is -2.45. The summed E-state index contributed by atoms with van der Waals surface area (Å²) in [5.74, 6) is -0.930. The van der Waals surface area contributed by atoms with Gasteiger partial charge in [-0.1, -0.05) is 48.6 Å². The summed E-state index contributed by atoms with van der Waals surface area (Å²) in [4.78, 5) is 11.0. The van der Waals surface area contributed by atoms with E-state index in [1.807, 2.05) is 43.3 Å². The zero-order valence-electron chi connectivity index (χ0n) is 9.63. The van der Waals surface area contributed by atoms with Gasteiger partial charge in [0, 0.05) is 5.92 Å². The predicted molar refractivity (Wildman–Crippen MR) is 66.8 cm³/mol. The van der Waals surface area contributed by atoms with Crippen molar-refractivity contribution in [1.29, 1.82) is 0 Å². The molecule has 1 aromatic rings. The summed E-state index contributed by atoms with van der Waals surface area (Å²) in [5, 5.41) is 8.98. The Morgan fingerprint density at radius 3 is 2.41 bits per heavy atom. The molecule has 0 spiro atoms. The number of carboxylic acid groups (broad SMARTS) is 1. The van der Waals surface area contributed by atoms with Crippen molar-refractivity contribution in [2.24, 2.45) is 5.73 Å². The molecule has 2 rings (SSSR count). The largest absolute Gasteiger partial charge is 0.479 e. The minimum absolute atomic E-state index is 0.104. The highest BCUT2D eigenvalue weighted by Crippen LogP contribution is 2.27. The maximum Gasteiger partial charge on any atom is 0.331 e. The number of carboxylic acids is 1. The number of nitrogens with two attached hydrogens (primary N) is 1. The average molecular weight is 229 g/mol. The summed E-state index contributed by atoms with van der Waals surface area (Å²) in [6.45, 7) is 2.04. The van der Waals surface area contributed by atoms with Gasteiger partial charge in [0.2, 0.25) is 0 Å². The van der Waals surface area contributed by atoms with Crippen LogP contribution in [0.4, 0.5) is 0 Å². The lowest BCUT2D eigenvalue weighted by Gasteiger charge is -2.23. The third kappa shape index (κ3) is 2.15. The fraction of sp³-hybridized carbons (Fsp3) is 0.214. The predicted octanol–water partition coefficient (Wildman–Crippen LogP) is 1.99. The molecule has 0 fully saturated rings. The van der Waals surface area contributed by atoms with Gasteiger partial charge in [-0.05, 0) is 18.1 Å². The first-order chi connectivity index (χ1) is 8.03. The Bertz CT molecular complexity index is 489. The second-order valence-corrected chi connectivity index (χ2v) is 4.34. The van der Waals surface area contributed by atoms with Gasteiger partial charge >= 0.3 is 5.97 Å². The molecule has 0 heterocycles. The maximum absolute atomic E-state index is 11.0. The normalized spacial score (nSPS) is 27.1. The SMILES string of the molecule is Cc1ccccc1C1C=CC(N)(C(=O)O)C=C1. The summed E-state index contributed by atoms with van der Waals surface area (Å²) in [6.07, 6.45) is 6.78. The molecule has 0 saturated heterocycles. The van der Waals surface area contributed by atoms with Crippen LogP contribution in [0.25, 0.3) is 0 Å². The fourth-order valence-corrected chi connectivity index (χ4v) is 1.96. The van der Waals surface area contributed by atoms with E-state index in [-0.39, 0.29) is 5.92 Å². The molecule has 0 bridgehead atoms. The van der Waals surface area contributed by atoms with Crippen LogP contribution in [0.3, 0.4) is 0 Å². The standard InChI is InChI=1S/C14H15NO2/c1-10-4-2-3-5-12(10)11-6-8-14(15,9-7-11)13(16)17/h2-9,11H,15H2,1H3,(H,16,17). The van der Waals surface area contributed by atoms with Crippen LogP contribution >= 0.6 is 0 Å². The summed E-state index contributed by atoms with van der Waals surface area (Å²) < 4.78 is 0. The van der Waals surface area contributed by atoms with Crippen LogP contribution in [0.15, 0.2) is 48.6 Å². The van der Waals surface area contributed by atoms with E-state index in [9.17, 15) is 4.79 Å². The van der Waals surface area contributed by atoms with Crippen molar-refractivity contribution in [3.63, 3.8) is 0 Å². The van der Waals surface area contributed by atoms with Crippen LogP contribution in [0.5, 0.6) is 0 Å². The molecular formula is C14H15NO2. The molecule has 1 aliphatic carbocycles. The zero-order valence-corrected chi connectivity index (χ0v) is 9.63. The van der Waals surface area contributed by atoms with E-state index in [4.69, 9.17) is 10.8 Å². The minimum atomic E-state index is -1.36. The van der Waals surface area contributed by atoms with E-state index in [0.29, 0.717) is 0 Å². The molecule has 0 aliphatic heterocycles. The molecule has 1 aliphatic rings. The molecule has 0 amide bonds. The van der Waals surface area contributed by atoms with Crippen LogP contribution < -0.4 is 5.73 Å². The summed E-state index contributed by atoms with van der Waals surface area (Å²) >= 11 is 0. The highest BCUT2D eigenvalue weighted by molar-refractivity contribution is 5.84. The van der Waals surface area contributed by atoms with E-state index in [0.717, 1.165) is 0 Å². The number of benzene rings is 1. The molecule has 17 heavy (non-hydrogen) atoms. The molecule has 88 valence electrons. The van der Waals surface area contributed by atoms with Crippen LogP contribution in [-0.4, -0.2) is 16.6 Å². The van der Waals surface area contributed by atoms with Crippen molar-refractivity contribution in [3.05, 3.63) is 59.7 Å². The van der Waals surface area contributed by atoms with Gasteiger partial charge in [-0.15, -0.1) is 0 Å². The first-order valence-electron chi connectivity index (χ1n) is 5.49. The van der Waals surface area contributed by atoms with Crippen LogP contribution in [0.2, 0.25) is 0 Å². The lowest BCUT2D eigenvalue weighted by atomic mass is 9.85. The van der Waals surface area contributed by atoms with Gasteiger partial charge in [-0.25, -0.2) is 4.79 Å². The number of allylic oxidation sites excluding steroid dienone is 2. The quantitative estimate of drug-likeness (QED) is 0.762. The molecule has 0 unspecified atom stereocenters. The van der Waals surface area contributed by atoms with Gasteiger partial charge in [0.05, 0.1) is 0 Å². The Balaban J connectivity index is 2.28. The van der Waals surface area contributed by atoms with Gasteiger partial charge in [-0.3, -0.25) is 0 Å². The van der Waals surface area contributed by atoms with Gasteiger partial charge in [0.1, 0.15) is 0 Å². The van der Waals surface area contributed by atoms with Gasteiger partial charge in [-0.2, -0.15) is 0 Å². The highest BCUT2D eigenvalue weighted by Gasteiger charge is 2.30. The van der Waals surface area contributed by atoms with E-state index in [2.05, 4.69) is 0 Å². The minimum Gasteiger partial charge on any atom is -0.479 e. The summed E-state index contributed by atoms with van der Waals surface area (Å²) in [7, 11) is 0. The molecule has 0 atom stereocenters. The van der Waals surface area contributed by atoms with Crippen molar-refractivity contribution in [3.8, 4) is 0 Å². The van der Waals surface area contributed by atoms with Crippen molar-refractivity contribution < 1.29 is 9.90 Å². The lowest BCUT2D eigenvalue weighted by molar-refractivity contribution is -0.139. The number of rotatable bonds is 2. The van der Waals surface area contributed by atoms with Gasteiger partial charge in [0.15, 0.2) is 5.54 Å². The molecule has 3 nitrogen and oxygen atoms in total. The molecule has 3 N–H and O–H groups in total. The number of aryl methyl sites for hydroxylation is 1. The van der Waals surface area contributed by atoms with E-state index >= 15 is 0 Å². The smallest absolute Gasteiger partial charge is 0.331 e. The van der Waals surface area contributed by atoms with Crippen molar-refractivity contribution >= 4 is 5.97 Å². The molecular weight excluding hydrogens is 214 g/mol. The summed E-state index contributed by atoms with van der Waals surface area (Å²) in [5.41, 5.74) is 6.71. The maximum atomic E-state index is 11.0. The zero-order chi connectivity index (χ0) is 12.5. The second kappa shape index (κ2) is 4.18. The summed E-state index contributed by atoms with van der Waals surface area (Å²) in [6, 6.07) is 8.04. The number of hydrogen-bond donors (Lipinski definition) is 2. The molecule has 1 aromatic carbocycles. The van der Waals surface area contributed by atoms with Gasteiger partial charge < -0.3 is 10.8 Å². The fourth-order valence-electron chi connectivity index (χ4n) is 1.96. The van der Waals surface area contributed by atoms with Crippen molar-refractivity contribution in [1.82, 2.24) is 0 Å². The van der Waals surface area contributed by atoms with E-state index in [1.165, 1.54) is 11.1 Å². The molecule has 0 saturated carbocycles. The molecule has 3 heteroatoms. The average Bonchev–Trinajstić information content (AvgIpc) is 2.31. The Morgan fingerprint density at radius 1 is 1.29 bits per heavy atom.